The zero-order valence-electron chi connectivity index (χ0n) is 16.9. The molecule has 1 aliphatic heterocycles. The van der Waals surface area contributed by atoms with E-state index in [4.69, 9.17) is 4.42 Å². The Morgan fingerprint density at radius 2 is 2.03 bits per heavy atom. The Hall–Kier alpha value is -2.95. The maximum absolute atomic E-state index is 12.9. The van der Waals surface area contributed by atoms with E-state index in [0.29, 0.717) is 42.4 Å². The Morgan fingerprint density at radius 3 is 2.76 bits per heavy atom. The molecule has 5 nitrogen and oxygen atoms in total. The maximum Gasteiger partial charge on any atom is 0.255 e. The van der Waals surface area contributed by atoms with Crippen molar-refractivity contribution in [3.05, 3.63) is 54.2 Å². The van der Waals surface area contributed by atoms with Gasteiger partial charge in [0.25, 0.3) is 5.91 Å². The Kier molecular flexibility index (Phi) is 5.47. The first-order valence-electron chi connectivity index (χ1n) is 10.3. The molecule has 1 unspecified atom stereocenters. The predicted molar refractivity (Wildman–Crippen MR) is 113 cm³/mol. The minimum Gasteiger partial charge on any atom is -0.454 e. The zero-order valence-corrected chi connectivity index (χ0v) is 16.9. The lowest BCUT2D eigenvalue weighted by Crippen LogP contribution is -2.42. The molecule has 5 heteroatoms. The standard InChI is InChI=1S/C24H26N2O3/c1-16(2)12-21(27)19-7-5-11-26(15-19)24(28)18-9-10-20(25-14-18)23-13-17-6-3-4-8-22(17)29-23/h3-4,6,8-10,13-14,16,19H,5,7,11-12,15H2,1-2H3. The summed E-state index contributed by atoms with van der Waals surface area (Å²) >= 11 is 0. The third-order valence-corrected chi connectivity index (χ3v) is 5.46. The fraction of sp³-hybridized carbons (Fsp3) is 0.375. The zero-order chi connectivity index (χ0) is 20.4. The van der Waals surface area contributed by atoms with E-state index >= 15 is 0 Å². The van der Waals surface area contributed by atoms with E-state index in [9.17, 15) is 9.59 Å². The van der Waals surface area contributed by atoms with Crippen LogP contribution in [0.1, 0.15) is 43.5 Å². The highest BCUT2D eigenvalue weighted by atomic mass is 16.3. The number of amides is 1. The molecule has 4 rings (SSSR count). The number of Topliss-reactive ketones (excluding diaryl/α,β-unsaturated/α-hetero) is 1. The summed E-state index contributed by atoms with van der Waals surface area (Å²) in [5.74, 6) is 1.20. The molecule has 150 valence electrons. The third kappa shape index (κ3) is 4.24. The van der Waals surface area contributed by atoms with Gasteiger partial charge in [0, 0.05) is 37.0 Å². The predicted octanol–water partition coefficient (Wildman–Crippen LogP) is 4.96. The summed E-state index contributed by atoms with van der Waals surface area (Å²) in [5, 5.41) is 1.02. The molecule has 1 saturated heterocycles. The Morgan fingerprint density at radius 1 is 1.21 bits per heavy atom. The number of benzene rings is 1. The van der Waals surface area contributed by atoms with Gasteiger partial charge in [-0.2, -0.15) is 0 Å². The number of rotatable bonds is 5. The number of likely N-dealkylation sites (tertiary alicyclic amines) is 1. The number of hydrogen-bond acceptors (Lipinski definition) is 4. The topological polar surface area (TPSA) is 63.4 Å². The minimum atomic E-state index is -0.0595. The van der Waals surface area contributed by atoms with Gasteiger partial charge in [0.1, 0.15) is 17.1 Å². The van der Waals surface area contributed by atoms with Gasteiger partial charge in [0.2, 0.25) is 0 Å². The average molecular weight is 390 g/mol. The first kappa shape index (κ1) is 19.4. The van der Waals surface area contributed by atoms with E-state index in [1.54, 1.807) is 17.2 Å². The Labute approximate surface area is 170 Å². The molecular weight excluding hydrogens is 364 g/mol. The molecule has 0 radical (unpaired) electrons. The van der Waals surface area contributed by atoms with Gasteiger partial charge in [-0.25, -0.2) is 0 Å². The number of para-hydroxylation sites is 1. The van der Waals surface area contributed by atoms with E-state index in [0.717, 1.165) is 23.8 Å². The van der Waals surface area contributed by atoms with Crippen LogP contribution in [0.5, 0.6) is 0 Å². The molecule has 1 aromatic carbocycles. The van der Waals surface area contributed by atoms with Crippen LogP contribution in [0.25, 0.3) is 22.4 Å². The number of ketones is 1. The highest BCUT2D eigenvalue weighted by molar-refractivity contribution is 5.95. The summed E-state index contributed by atoms with van der Waals surface area (Å²) in [6.07, 6.45) is 3.92. The number of aromatic nitrogens is 1. The summed E-state index contributed by atoms with van der Waals surface area (Å²) in [6, 6.07) is 13.4. The van der Waals surface area contributed by atoms with Gasteiger partial charge in [0.15, 0.2) is 5.76 Å². The monoisotopic (exact) mass is 390 g/mol. The molecule has 1 atom stereocenters. The number of fused-ring (bicyclic) bond motifs is 1. The fourth-order valence-corrected chi connectivity index (χ4v) is 3.95. The number of carbonyl (C=O) groups is 2. The van der Waals surface area contributed by atoms with Crippen LogP contribution in [0.3, 0.4) is 0 Å². The smallest absolute Gasteiger partial charge is 0.255 e. The molecule has 0 bridgehead atoms. The van der Waals surface area contributed by atoms with Crippen LogP contribution in [0, 0.1) is 11.8 Å². The van der Waals surface area contributed by atoms with Gasteiger partial charge in [-0.3, -0.25) is 14.6 Å². The van der Waals surface area contributed by atoms with Gasteiger partial charge in [0.05, 0.1) is 5.56 Å². The van der Waals surface area contributed by atoms with E-state index in [2.05, 4.69) is 18.8 Å². The summed E-state index contributed by atoms with van der Waals surface area (Å²) in [7, 11) is 0. The second-order valence-electron chi connectivity index (χ2n) is 8.24. The first-order valence-corrected chi connectivity index (χ1v) is 10.3. The quantitative estimate of drug-likeness (QED) is 0.617. The molecule has 1 aliphatic rings. The largest absolute Gasteiger partial charge is 0.454 e. The van der Waals surface area contributed by atoms with E-state index < -0.39 is 0 Å². The van der Waals surface area contributed by atoms with Crippen LogP contribution in [0.2, 0.25) is 0 Å². The van der Waals surface area contributed by atoms with Crippen LogP contribution < -0.4 is 0 Å². The lowest BCUT2D eigenvalue weighted by molar-refractivity contribution is -0.124. The molecule has 0 aliphatic carbocycles. The van der Waals surface area contributed by atoms with Crippen molar-refractivity contribution in [2.45, 2.75) is 33.1 Å². The van der Waals surface area contributed by atoms with E-state index in [1.165, 1.54) is 0 Å². The van der Waals surface area contributed by atoms with Crippen LogP contribution in [0.4, 0.5) is 0 Å². The number of carbonyl (C=O) groups excluding carboxylic acids is 2. The number of nitrogens with zero attached hydrogens (tertiary/aromatic N) is 2. The number of hydrogen-bond donors (Lipinski definition) is 0. The van der Waals surface area contributed by atoms with Crippen molar-refractivity contribution in [3.63, 3.8) is 0 Å². The van der Waals surface area contributed by atoms with Crippen molar-refractivity contribution >= 4 is 22.7 Å². The van der Waals surface area contributed by atoms with Crippen LogP contribution >= 0.6 is 0 Å². The number of furan rings is 1. The van der Waals surface area contributed by atoms with Crippen molar-refractivity contribution < 1.29 is 14.0 Å². The highest BCUT2D eigenvalue weighted by Crippen LogP contribution is 2.27. The number of piperidine rings is 1. The van der Waals surface area contributed by atoms with Crippen LogP contribution in [-0.4, -0.2) is 34.7 Å². The fourth-order valence-electron chi connectivity index (χ4n) is 3.95. The second kappa shape index (κ2) is 8.19. The van der Waals surface area contributed by atoms with Gasteiger partial charge < -0.3 is 9.32 Å². The van der Waals surface area contributed by atoms with Crippen molar-refractivity contribution in [1.82, 2.24) is 9.88 Å². The Balaban J connectivity index is 1.47. The molecule has 3 heterocycles. The van der Waals surface area contributed by atoms with Crippen molar-refractivity contribution in [2.75, 3.05) is 13.1 Å². The lowest BCUT2D eigenvalue weighted by Gasteiger charge is -2.32. The van der Waals surface area contributed by atoms with E-state index in [-0.39, 0.29) is 17.6 Å². The molecule has 29 heavy (non-hydrogen) atoms. The maximum atomic E-state index is 12.9. The van der Waals surface area contributed by atoms with Crippen molar-refractivity contribution in [2.24, 2.45) is 11.8 Å². The molecule has 3 aromatic rings. The van der Waals surface area contributed by atoms with Crippen LogP contribution in [0.15, 0.2) is 53.1 Å². The minimum absolute atomic E-state index is 0.0436. The molecule has 0 N–H and O–H groups in total. The van der Waals surface area contributed by atoms with Crippen molar-refractivity contribution in [1.29, 1.82) is 0 Å². The molecule has 0 saturated carbocycles. The SMILES string of the molecule is CC(C)CC(=O)C1CCCN(C(=O)c2ccc(-c3cc4ccccc4o3)nc2)C1. The third-order valence-electron chi connectivity index (χ3n) is 5.46. The van der Waals surface area contributed by atoms with Crippen molar-refractivity contribution in [3.8, 4) is 11.5 Å². The molecular formula is C24H26N2O3. The molecule has 1 amide bonds. The van der Waals surface area contributed by atoms with Gasteiger partial charge in [-0.15, -0.1) is 0 Å². The van der Waals surface area contributed by atoms with Gasteiger partial charge >= 0.3 is 0 Å². The second-order valence-corrected chi connectivity index (χ2v) is 8.24. The first-order chi connectivity index (χ1) is 14.0. The van der Waals surface area contributed by atoms with Gasteiger partial charge in [-0.1, -0.05) is 32.0 Å². The normalized spacial score (nSPS) is 17.1. The summed E-state index contributed by atoms with van der Waals surface area (Å²) in [4.78, 5) is 31.6. The van der Waals surface area contributed by atoms with Crippen LogP contribution in [-0.2, 0) is 4.79 Å². The van der Waals surface area contributed by atoms with Gasteiger partial charge in [-0.05, 0) is 43.0 Å². The average Bonchev–Trinajstić information content (AvgIpc) is 3.17. The summed E-state index contributed by atoms with van der Waals surface area (Å²) < 4.78 is 5.85. The molecule has 2 aromatic heterocycles. The number of pyridine rings is 1. The summed E-state index contributed by atoms with van der Waals surface area (Å²) in [6.45, 7) is 5.31. The van der Waals surface area contributed by atoms with E-state index in [1.807, 2.05) is 36.4 Å². The molecule has 0 spiro atoms. The lowest BCUT2D eigenvalue weighted by atomic mass is 9.89. The summed E-state index contributed by atoms with van der Waals surface area (Å²) in [5.41, 5.74) is 2.05. The highest BCUT2D eigenvalue weighted by Gasteiger charge is 2.29. The molecule has 1 fully saturated rings. The Bertz CT molecular complexity index is 987.